The van der Waals surface area contributed by atoms with E-state index in [1.165, 1.54) is 38.4 Å². The van der Waals surface area contributed by atoms with E-state index >= 15 is 0 Å². The van der Waals surface area contributed by atoms with Gasteiger partial charge in [-0.15, -0.1) is 0 Å². The largest absolute Gasteiger partial charge is 0.465 e. The van der Waals surface area contributed by atoms with Crippen LogP contribution in [0.1, 0.15) is 44.4 Å². The van der Waals surface area contributed by atoms with Crippen LogP contribution in [0.15, 0.2) is 33.9 Å². The molecule has 0 aliphatic rings. The van der Waals surface area contributed by atoms with E-state index in [1.807, 2.05) is 6.92 Å². The predicted molar refractivity (Wildman–Crippen MR) is 103 cm³/mol. The van der Waals surface area contributed by atoms with Crippen LogP contribution in [0.5, 0.6) is 0 Å². The van der Waals surface area contributed by atoms with Crippen LogP contribution in [-0.2, 0) is 23.1 Å². The van der Waals surface area contributed by atoms with Gasteiger partial charge in [-0.3, -0.25) is 18.7 Å². The summed E-state index contributed by atoms with van der Waals surface area (Å²) < 4.78 is 11.4. The molecule has 0 aliphatic heterocycles. The van der Waals surface area contributed by atoms with Gasteiger partial charge in [-0.25, -0.2) is 14.4 Å². The number of ether oxygens (including phenoxy) is 2. The lowest BCUT2D eigenvalue weighted by atomic mass is 10.1. The molecule has 0 bridgehead atoms. The van der Waals surface area contributed by atoms with Gasteiger partial charge in [0.15, 0.2) is 6.61 Å². The number of esters is 2. The summed E-state index contributed by atoms with van der Waals surface area (Å²) in [4.78, 5) is 60.5. The molecule has 10 heteroatoms. The number of carbonyl (C=O) groups excluding carboxylic acids is 3. The van der Waals surface area contributed by atoms with Crippen LogP contribution < -0.4 is 17.0 Å². The van der Waals surface area contributed by atoms with Crippen LogP contribution >= 0.6 is 0 Å². The van der Waals surface area contributed by atoms with Crippen LogP contribution in [0.2, 0.25) is 0 Å². The summed E-state index contributed by atoms with van der Waals surface area (Å²) in [5.74, 6) is -2.48. The number of hydrogen-bond donors (Lipinski definition) is 1. The normalized spacial score (nSPS) is 10.4. The number of hydrogen-bond acceptors (Lipinski definition) is 8. The van der Waals surface area contributed by atoms with Crippen molar-refractivity contribution in [2.75, 3.05) is 19.5 Å². The van der Waals surface area contributed by atoms with E-state index in [-0.39, 0.29) is 23.5 Å². The molecule has 2 aromatic rings. The molecule has 0 atom stereocenters. The Kier molecular flexibility index (Phi) is 6.71. The lowest BCUT2D eigenvalue weighted by Crippen LogP contribution is -2.43. The average Bonchev–Trinajstić information content (AvgIpc) is 2.73. The van der Waals surface area contributed by atoms with E-state index in [0.717, 1.165) is 9.13 Å². The molecule has 0 spiro atoms. The molecule has 0 amide bonds. The van der Waals surface area contributed by atoms with Crippen molar-refractivity contribution in [3.63, 3.8) is 0 Å². The Bertz CT molecular complexity index is 1060. The highest BCUT2D eigenvalue weighted by Gasteiger charge is 2.22. The van der Waals surface area contributed by atoms with Crippen molar-refractivity contribution >= 4 is 23.5 Å². The summed E-state index contributed by atoms with van der Waals surface area (Å²) in [5.41, 5.74) is 4.31. The summed E-state index contributed by atoms with van der Waals surface area (Å²) in [6.07, 6.45) is 0.562. The SMILES string of the molecule is CCCn1c(N)c(C(=O)COC(=O)c2ccc(C(=O)OC)cc2)c(=O)n(C)c1=O. The zero-order chi connectivity index (χ0) is 21.7. The molecule has 0 fully saturated rings. The van der Waals surface area contributed by atoms with Crippen molar-refractivity contribution in [1.29, 1.82) is 0 Å². The second kappa shape index (κ2) is 9.00. The van der Waals surface area contributed by atoms with Crippen LogP contribution in [0.25, 0.3) is 0 Å². The quantitative estimate of drug-likeness (QED) is 0.516. The molecule has 2 rings (SSSR count). The van der Waals surface area contributed by atoms with Crippen molar-refractivity contribution < 1.29 is 23.9 Å². The maximum atomic E-state index is 12.5. The lowest BCUT2D eigenvalue weighted by Gasteiger charge is -2.13. The Morgan fingerprint density at radius 3 is 2.10 bits per heavy atom. The van der Waals surface area contributed by atoms with Crippen molar-refractivity contribution in [3.05, 3.63) is 61.8 Å². The van der Waals surface area contributed by atoms with E-state index in [4.69, 9.17) is 10.5 Å². The number of Topliss-reactive ketones (excluding diaryl/α,β-unsaturated/α-hetero) is 1. The number of rotatable bonds is 7. The highest BCUT2D eigenvalue weighted by molar-refractivity contribution is 6.02. The first-order chi connectivity index (χ1) is 13.7. The fourth-order valence-corrected chi connectivity index (χ4v) is 2.63. The average molecular weight is 403 g/mol. The molecule has 1 aromatic heterocycles. The summed E-state index contributed by atoms with van der Waals surface area (Å²) in [6, 6.07) is 5.43. The fraction of sp³-hybridized carbons (Fsp3) is 0.316. The maximum absolute atomic E-state index is 12.5. The minimum Gasteiger partial charge on any atom is -0.465 e. The maximum Gasteiger partial charge on any atom is 0.338 e. The Balaban J connectivity index is 2.21. The van der Waals surface area contributed by atoms with E-state index in [2.05, 4.69) is 4.74 Å². The number of methoxy groups -OCH3 is 1. The van der Waals surface area contributed by atoms with Crippen molar-refractivity contribution in [1.82, 2.24) is 9.13 Å². The molecule has 1 aromatic carbocycles. The van der Waals surface area contributed by atoms with Gasteiger partial charge >= 0.3 is 17.6 Å². The number of benzene rings is 1. The second-order valence-electron chi connectivity index (χ2n) is 6.13. The third kappa shape index (κ3) is 4.42. The molecule has 2 N–H and O–H groups in total. The molecule has 10 nitrogen and oxygen atoms in total. The number of aromatic nitrogens is 2. The first kappa shape index (κ1) is 21.6. The van der Waals surface area contributed by atoms with Crippen molar-refractivity contribution in [3.8, 4) is 0 Å². The Labute approximate surface area is 165 Å². The highest BCUT2D eigenvalue weighted by Crippen LogP contribution is 2.10. The third-order valence-corrected chi connectivity index (χ3v) is 4.19. The smallest absolute Gasteiger partial charge is 0.338 e. The molecule has 1 heterocycles. The monoisotopic (exact) mass is 403 g/mol. The first-order valence-electron chi connectivity index (χ1n) is 8.70. The molecular weight excluding hydrogens is 382 g/mol. The minimum absolute atomic E-state index is 0.0993. The van der Waals surface area contributed by atoms with Gasteiger partial charge in [0, 0.05) is 13.6 Å². The Morgan fingerprint density at radius 1 is 1.03 bits per heavy atom. The van der Waals surface area contributed by atoms with Crippen LogP contribution in [0.4, 0.5) is 5.82 Å². The molecule has 0 saturated carbocycles. The summed E-state index contributed by atoms with van der Waals surface area (Å²) in [5, 5.41) is 0. The number of ketones is 1. The first-order valence-corrected chi connectivity index (χ1v) is 8.70. The summed E-state index contributed by atoms with van der Waals surface area (Å²) in [7, 11) is 2.47. The summed E-state index contributed by atoms with van der Waals surface area (Å²) >= 11 is 0. The fourth-order valence-electron chi connectivity index (χ4n) is 2.63. The number of carbonyl (C=O) groups is 3. The van der Waals surface area contributed by atoms with E-state index in [9.17, 15) is 24.0 Å². The van der Waals surface area contributed by atoms with Gasteiger partial charge in [-0.05, 0) is 30.7 Å². The molecule has 0 radical (unpaired) electrons. The molecule has 0 unspecified atom stereocenters. The number of nitrogen functional groups attached to an aromatic ring is 1. The van der Waals surface area contributed by atoms with Crippen LogP contribution in [0, 0.1) is 0 Å². The van der Waals surface area contributed by atoms with Gasteiger partial charge in [-0.2, -0.15) is 0 Å². The molecule has 0 aliphatic carbocycles. The number of nitrogens with zero attached hydrogens (tertiary/aromatic N) is 2. The van der Waals surface area contributed by atoms with E-state index in [1.54, 1.807) is 0 Å². The van der Waals surface area contributed by atoms with Crippen molar-refractivity contribution in [2.24, 2.45) is 7.05 Å². The predicted octanol–water partition coefficient (Wildman–Crippen LogP) is 0.365. The van der Waals surface area contributed by atoms with Gasteiger partial charge < -0.3 is 15.2 Å². The third-order valence-electron chi connectivity index (χ3n) is 4.19. The van der Waals surface area contributed by atoms with Gasteiger partial charge in [0.25, 0.3) is 5.56 Å². The molecule has 29 heavy (non-hydrogen) atoms. The number of nitrogens with two attached hydrogens (primary N) is 1. The zero-order valence-corrected chi connectivity index (χ0v) is 16.3. The van der Waals surface area contributed by atoms with Crippen LogP contribution in [-0.4, -0.2) is 40.6 Å². The Morgan fingerprint density at radius 2 is 1.59 bits per heavy atom. The summed E-state index contributed by atoms with van der Waals surface area (Å²) in [6.45, 7) is 1.30. The van der Waals surface area contributed by atoms with Gasteiger partial charge in [0.05, 0.1) is 18.2 Å². The van der Waals surface area contributed by atoms with Gasteiger partial charge in [0.1, 0.15) is 11.4 Å². The highest BCUT2D eigenvalue weighted by atomic mass is 16.5. The second-order valence-corrected chi connectivity index (χ2v) is 6.13. The lowest BCUT2D eigenvalue weighted by molar-refractivity contribution is 0.0473. The molecule has 0 saturated heterocycles. The van der Waals surface area contributed by atoms with E-state index < -0.39 is 41.1 Å². The standard InChI is InChI=1S/C19H21N3O7/c1-4-9-22-15(20)14(16(24)21(2)19(22)27)13(23)10-29-18(26)12-7-5-11(6-8-12)17(25)28-3/h5-8H,4,9-10,20H2,1-3H3. The van der Waals surface area contributed by atoms with Gasteiger partial charge in [-0.1, -0.05) is 6.92 Å². The van der Waals surface area contributed by atoms with E-state index in [0.29, 0.717) is 6.42 Å². The minimum atomic E-state index is -0.858. The van der Waals surface area contributed by atoms with Crippen molar-refractivity contribution in [2.45, 2.75) is 19.9 Å². The van der Waals surface area contributed by atoms with Crippen LogP contribution in [0.3, 0.4) is 0 Å². The molecular formula is C19H21N3O7. The zero-order valence-electron chi connectivity index (χ0n) is 16.3. The van der Waals surface area contributed by atoms with Gasteiger partial charge in [0.2, 0.25) is 5.78 Å². The Hall–Kier alpha value is -3.69. The topological polar surface area (TPSA) is 140 Å². The number of anilines is 1. The molecule has 154 valence electrons.